The molecule has 17 heavy (non-hydrogen) atoms. The molecule has 0 spiro atoms. The lowest BCUT2D eigenvalue weighted by atomic mass is 9.80. The normalized spacial score (nSPS) is 20.2. The van der Waals surface area contributed by atoms with Crippen LogP contribution in [0.1, 0.15) is 31.7 Å². The largest absolute Gasteiger partial charge is 0.298 e. The number of rotatable bonds is 2. The minimum atomic E-state index is 0.214. The highest BCUT2D eigenvalue weighted by Crippen LogP contribution is 2.36. The second kappa shape index (κ2) is 5.01. The predicted molar refractivity (Wildman–Crippen MR) is 74.0 cm³/mol. The number of hydrogen-bond donors (Lipinski definition) is 0. The van der Waals surface area contributed by atoms with Gasteiger partial charge in [0.1, 0.15) is 6.29 Å². The molecule has 0 fully saturated rings. The van der Waals surface area contributed by atoms with Crippen LogP contribution in [-0.4, -0.2) is 6.29 Å². The maximum absolute atomic E-state index is 11.2. The predicted octanol–water partition coefficient (Wildman–Crippen LogP) is 4.40. The summed E-state index contributed by atoms with van der Waals surface area (Å²) < 4.78 is 1.07. The Labute approximate surface area is 110 Å². The number of carbonyl (C=O) groups is 1. The molecule has 0 unspecified atom stereocenters. The molecule has 2 rings (SSSR count). The average Bonchev–Trinajstić information content (AvgIpc) is 2.29. The smallest absolute Gasteiger partial charge is 0.146 e. The van der Waals surface area contributed by atoms with Gasteiger partial charge in [-0.05, 0) is 43.5 Å². The number of aldehydes is 1. The fraction of sp³-hybridized carbons (Fsp3) is 0.267. The Hall–Kier alpha value is -1.15. The Morgan fingerprint density at radius 3 is 2.47 bits per heavy atom. The number of halogens is 1. The van der Waals surface area contributed by atoms with E-state index in [0.29, 0.717) is 0 Å². The minimum absolute atomic E-state index is 0.214. The van der Waals surface area contributed by atoms with E-state index >= 15 is 0 Å². The lowest BCUT2D eigenvalue weighted by molar-refractivity contribution is -0.105. The van der Waals surface area contributed by atoms with Crippen LogP contribution in [0.3, 0.4) is 0 Å². The van der Waals surface area contributed by atoms with Crippen LogP contribution in [0.4, 0.5) is 0 Å². The minimum Gasteiger partial charge on any atom is -0.298 e. The summed E-state index contributed by atoms with van der Waals surface area (Å²) in [5.41, 5.74) is 4.55. The summed E-state index contributed by atoms with van der Waals surface area (Å²) in [4.78, 5) is 11.2. The SMILES string of the molecule is CC1=CC(C)=C(C=O)[C@@H](c2ccc(Br)cc2)C1. The Morgan fingerprint density at radius 2 is 1.88 bits per heavy atom. The Morgan fingerprint density at radius 1 is 1.24 bits per heavy atom. The molecule has 0 saturated carbocycles. The van der Waals surface area contributed by atoms with Gasteiger partial charge in [0.15, 0.2) is 0 Å². The summed E-state index contributed by atoms with van der Waals surface area (Å²) in [5.74, 6) is 0.214. The van der Waals surface area contributed by atoms with Crippen LogP contribution in [0, 0.1) is 0 Å². The lowest BCUT2D eigenvalue weighted by Crippen LogP contribution is -2.10. The molecule has 0 heterocycles. The first-order valence-electron chi connectivity index (χ1n) is 5.70. The van der Waals surface area contributed by atoms with E-state index in [1.54, 1.807) is 0 Å². The molecular formula is C15H15BrO. The van der Waals surface area contributed by atoms with Crippen LogP contribution in [0.2, 0.25) is 0 Å². The van der Waals surface area contributed by atoms with Crippen molar-refractivity contribution in [1.82, 2.24) is 0 Å². The van der Waals surface area contributed by atoms with Gasteiger partial charge >= 0.3 is 0 Å². The third kappa shape index (κ3) is 2.58. The molecule has 0 saturated heterocycles. The second-order valence-corrected chi connectivity index (χ2v) is 5.47. The fourth-order valence-electron chi connectivity index (χ4n) is 2.39. The standard InChI is InChI=1S/C15H15BrO/c1-10-7-11(2)15(9-17)14(8-10)12-3-5-13(16)6-4-12/h3-7,9,14H,8H2,1-2H3/t14-/m1/s1. The second-order valence-electron chi connectivity index (χ2n) is 4.56. The molecular weight excluding hydrogens is 276 g/mol. The summed E-state index contributed by atoms with van der Waals surface area (Å²) in [6.45, 7) is 4.13. The van der Waals surface area contributed by atoms with Crippen molar-refractivity contribution in [3.63, 3.8) is 0 Å². The zero-order valence-electron chi connectivity index (χ0n) is 10.0. The zero-order chi connectivity index (χ0) is 12.4. The molecule has 0 aliphatic heterocycles. The molecule has 0 bridgehead atoms. The van der Waals surface area contributed by atoms with Crippen LogP contribution in [0.5, 0.6) is 0 Å². The summed E-state index contributed by atoms with van der Waals surface area (Å²) >= 11 is 3.43. The van der Waals surface area contributed by atoms with Crippen molar-refractivity contribution >= 4 is 22.2 Å². The molecule has 1 aromatic rings. The molecule has 0 aromatic heterocycles. The zero-order valence-corrected chi connectivity index (χ0v) is 11.6. The van der Waals surface area contributed by atoms with Gasteiger partial charge < -0.3 is 0 Å². The number of benzene rings is 1. The van der Waals surface area contributed by atoms with Crippen molar-refractivity contribution < 1.29 is 4.79 Å². The van der Waals surface area contributed by atoms with Crippen molar-refractivity contribution in [3.05, 3.63) is 57.1 Å². The van der Waals surface area contributed by atoms with E-state index < -0.39 is 0 Å². The van der Waals surface area contributed by atoms with Gasteiger partial charge in [-0.2, -0.15) is 0 Å². The Kier molecular flexibility index (Phi) is 3.63. The van der Waals surface area contributed by atoms with Crippen LogP contribution >= 0.6 is 15.9 Å². The van der Waals surface area contributed by atoms with Gasteiger partial charge in [-0.15, -0.1) is 0 Å². The molecule has 1 aliphatic rings. The van der Waals surface area contributed by atoms with Crippen molar-refractivity contribution in [1.29, 1.82) is 0 Å². The van der Waals surface area contributed by atoms with Crippen molar-refractivity contribution in [2.24, 2.45) is 0 Å². The molecule has 2 heteroatoms. The first-order valence-corrected chi connectivity index (χ1v) is 6.49. The maximum atomic E-state index is 11.2. The van der Waals surface area contributed by atoms with Crippen LogP contribution in [0.15, 0.2) is 51.5 Å². The molecule has 0 N–H and O–H groups in total. The number of carbonyl (C=O) groups excluding carboxylic acids is 1. The molecule has 1 nitrogen and oxygen atoms in total. The average molecular weight is 291 g/mol. The number of allylic oxidation sites excluding steroid dienone is 4. The third-order valence-electron chi connectivity index (χ3n) is 3.22. The topological polar surface area (TPSA) is 17.1 Å². The van der Waals surface area contributed by atoms with Crippen molar-refractivity contribution in [3.8, 4) is 0 Å². The summed E-state index contributed by atoms with van der Waals surface area (Å²) in [6, 6.07) is 8.23. The fourth-order valence-corrected chi connectivity index (χ4v) is 2.65. The van der Waals surface area contributed by atoms with Gasteiger partial charge in [-0.3, -0.25) is 4.79 Å². The van der Waals surface area contributed by atoms with E-state index in [-0.39, 0.29) is 5.92 Å². The van der Waals surface area contributed by atoms with E-state index in [2.05, 4.69) is 41.1 Å². The van der Waals surface area contributed by atoms with Crippen molar-refractivity contribution in [2.45, 2.75) is 26.2 Å². The quantitative estimate of drug-likeness (QED) is 0.738. The molecule has 1 atom stereocenters. The van der Waals surface area contributed by atoms with Gasteiger partial charge in [-0.25, -0.2) is 0 Å². The first kappa shape index (κ1) is 12.3. The molecule has 88 valence electrons. The summed E-state index contributed by atoms with van der Waals surface area (Å²) in [6.07, 6.45) is 4.05. The monoisotopic (exact) mass is 290 g/mol. The van der Waals surface area contributed by atoms with Gasteiger partial charge in [0.25, 0.3) is 0 Å². The highest BCUT2D eigenvalue weighted by Gasteiger charge is 2.21. The van der Waals surface area contributed by atoms with E-state index in [4.69, 9.17) is 0 Å². The highest BCUT2D eigenvalue weighted by atomic mass is 79.9. The Bertz CT molecular complexity index is 494. The van der Waals surface area contributed by atoms with Crippen LogP contribution in [0.25, 0.3) is 0 Å². The van der Waals surface area contributed by atoms with Gasteiger partial charge in [0.2, 0.25) is 0 Å². The lowest BCUT2D eigenvalue weighted by Gasteiger charge is -2.23. The molecule has 1 aliphatic carbocycles. The molecule has 1 aromatic carbocycles. The highest BCUT2D eigenvalue weighted by molar-refractivity contribution is 9.10. The summed E-state index contributed by atoms with van der Waals surface area (Å²) in [5, 5.41) is 0. The summed E-state index contributed by atoms with van der Waals surface area (Å²) in [7, 11) is 0. The van der Waals surface area contributed by atoms with Gasteiger partial charge in [0.05, 0.1) is 0 Å². The number of hydrogen-bond acceptors (Lipinski definition) is 1. The van der Waals surface area contributed by atoms with Crippen LogP contribution in [-0.2, 0) is 4.79 Å². The van der Waals surface area contributed by atoms with E-state index in [0.717, 1.165) is 28.3 Å². The molecule has 0 radical (unpaired) electrons. The van der Waals surface area contributed by atoms with Gasteiger partial charge in [0, 0.05) is 16.0 Å². The van der Waals surface area contributed by atoms with E-state index in [1.807, 2.05) is 19.1 Å². The van der Waals surface area contributed by atoms with Crippen LogP contribution < -0.4 is 0 Å². The van der Waals surface area contributed by atoms with E-state index in [9.17, 15) is 4.79 Å². The molecule has 0 amide bonds. The maximum Gasteiger partial charge on any atom is 0.146 e. The van der Waals surface area contributed by atoms with E-state index in [1.165, 1.54) is 11.1 Å². The third-order valence-corrected chi connectivity index (χ3v) is 3.75. The van der Waals surface area contributed by atoms with Crippen molar-refractivity contribution in [2.75, 3.05) is 0 Å². The van der Waals surface area contributed by atoms with Gasteiger partial charge in [-0.1, -0.05) is 39.7 Å². The first-order chi connectivity index (χ1) is 8.11. The Balaban J connectivity index is 2.42.